The molecule has 0 aliphatic carbocycles. The molecule has 0 bridgehead atoms. The van der Waals surface area contributed by atoms with E-state index in [0.29, 0.717) is 6.54 Å². The molecule has 1 aromatic rings. The van der Waals surface area contributed by atoms with Crippen molar-refractivity contribution in [3.63, 3.8) is 0 Å². The van der Waals surface area contributed by atoms with Crippen LogP contribution in [-0.2, 0) is 9.84 Å². The maximum Gasteiger partial charge on any atom is 0.288 e. The van der Waals surface area contributed by atoms with Crippen LogP contribution in [0, 0.1) is 10.1 Å². The molecule has 1 saturated heterocycles. The third kappa shape index (κ3) is 3.27. The standard InChI is InChI=1S/C14H18N2O5S/c1-10-5-3-4-8-15(10)14(17)11-6-7-13(22(2,20)21)12(9-11)16(18)19/h6-7,9-10H,3-5,8H2,1-2H3. The van der Waals surface area contributed by atoms with Gasteiger partial charge in [0.05, 0.1) is 4.92 Å². The molecule has 1 fully saturated rings. The van der Waals surface area contributed by atoms with Gasteiger partial charge >= 0.3 is 0 Å². The van der Waals surface area contributed by atoms with Crippen LogP contribution in [0.3, 0.4) is 0 Å². The Hall–Kier alpha value is -1.96. The monoisotopic (exact) mass is 326 g/mol. The third-order valence-corrected chi connectivity index (χ3v) is 5.01. The first-order valence-corrected chi connectivity index (χ1v) is 8.90. The number of amides is 1. The van der Waals surface area contributed by atoms with Crippen LogP contribution in [0.2, 0.25) is 0 Å². The average Bonchev–Trinajstić information content (AvgIpc) is 2.45. The number of carbonyl (C=O) groups is 1. The van der Waals surface area contributed by atoms with Crippen LogP contribution in [0.4, 0.5) is 5.69 Å². The average molecular weight is 326 g/mol. The molecule has 0 saturated carbocycles. The van der Waals surface area contributed by atoms with E-state index in [4.69, 9.17) is 0 Å². The smallest absolute Gasteiger partial charge is 0.288 e. The van der Waals surface area contributed by atoms with Gasteiger partial charge in [0.25, 0.3) is 11.6 Å². The third-order valence-electron chi connectivity index (χ3n) is 3.87. The van der Waals surface area contributed by atoms with Gasteiger partial charge in [-0.3, -0.25) is 14.9 Å². The number of carbonyl (C=O) groups excluding carboxylic acids is 1. The zero-order chi connectivity index (χ0) is 16.5. The molecule has 1 heterocycles. The largest absolute Gasteiger partial charge is 0.336 e. The van der Waals surface area contributed by atoms with E-state index in [1.807, 2.05) is 6.92 Å². The van der Waals surface area contributed by atoms with E-state index in [0.717, 1.165) is 37.7 Å². The fraction of sp³-hybridized carbons (Fsp3) is 0.500. The van der Waals surface area contributed by atoms with Gasteiger partial charge in [-0.1, -0.05) is 0 Å². The Balaban J connectivity index is 2.42. The Bertz CT molecular complexity index is 714. The summed E-state index contributed by atoms with van der Waals surface area (Å²) < 4.78 is 23.2. The molecule has 0 aromatic heterocycles. The second kappa shape index (κ2) is 6.04. The summed E-state index contributed by atoms with van der Waals surface area (Å²) in [6.45, 7) is 2.55. The Kier molecular flexibility index (Phi) is 4.50. The maximum atomic E-state index is 12.5. The number of hydrogen-bond donors (Lipinski definition) is 0. The molecule has 8 heteroatoms. The number of benzene rings is 1. The first kappa shape index (κ1) is 16.4. The summed E-state index contributed by atoms with van der Waals surface area (Å²) in [5, 5.41) is 11.1. The molecule has 22 heavy (non-hydrogen) atoms. The van der Waals surface area contributed by atoms with Crippen LogP contribution in [-0.4, -0.2) is 43.0 Å². The van der Waals surface area contributed by atoms with Gasteiger partial charge in [0.15, 0.2) is 9.84 Å². The van der Waals surface area contributed by atoms with E-state index >= 15 is 0 Å². The SMILES string of the molecule is CC1CCCCN1C(=O)c1ccc(S(C)(=O)=O)c([N+](=O)[O-])c1. The second-order valence-electron chi connectivity index (χ2n) is 5.56. The van der Waals surface area contributed by atoms with Crippen LogP contribution >= 0.6 is 0 Å². The summed E-state index contributed by atoms with van der Waals surface area (Å²) in [6.07, 6.45) is 3.76. The van der Waals surface area contributed by atoms with E-state index in [1.54, 1.807) is 4.90 Å². The van der Waals surface area contributed by atoms with Gasteiger partial charge in [-0.25, -0.2) is 8.42 Å². The van der Waals surface area contributed by atoms with E-state index in [9.17, 15) is 23.3 Å². The predicted molar refractivity (Wildman–Crippen MR) is 80.6 cm³/mol. The molecule has 1 amide bonds. The minimum atomic E-state index is -3.72. The molecule has 0 N–H and O–H groups in total. The zero-order valence-electron chi connectivity index (χ0n) is 12.5. The number of nitro groups is 1. The quantitative estimate of drug-likeness (QED) is 0.625. The lowest BCUT2D eigenvalue weighted by molar-refractivity contribution is -0.387. The van der Waals surface area contributed by atoms with Gasteiger partial charge in [-0.05, 0) is 38.3 Å². The van der Waals surface area contributed by atoms with Gasteiger partial charge < -0.3 is 4.90 Å². The molecule has 0 spiro atoms. The fourth-order valence-corrected chi connectivity index (χ4v) is 3.50. The van der Waals surface area contributed by atoms with Crippen LogP contribution < -0.4 is 0 Å². The maximum absolute atomic E-state index is 12.5. The Morgan fingerprint density at radius 1 is 1.36 bits per heavy atom. The van der Waals surface area contributed by atoms with Gasteiger partial charge in [0, 0.05) is 30.5 Å². The number of nitro benzene ring substituents is 1. The van der Waals surface area contributed by atoms with E-state index < -0.39 is 20.4 Å². The minimum Gasteiger partial charge on any atom is -0.336 e. The number of hydrogen-bond acceptors (Lipinski definition) is 5. The highest BCUT2D eigenvalue weighted by molar-refractivity contribution is 7.90. The van der Waals surface area contributed by atoms with Crippen molar-refractivity contribution in [1.29, 1.82) is 0 Å². The summed E-state index contributed by atoms with van der Waals surface area (Å²) >= 11 is 0. The van der Waals surface area contributed by atoms with E-state index in [-0.39, 0.29) is 22.4 Å². The highest BCUT2D eigenvalue weighted by atomic mass is 32.2. The molecule has 1 aliphatic heterocycles. The number of piperidine rings is 1. The predicted octanol–water partition coefficient (Wildman–Crippen LogP) is 2.01. The molecule has 0 radical (unpaired) electrons. The molecule has 120 valence electrons. The second-order valence-corrected chi connectivity index (χ2v) is 7.54. The molecule has 7 nitrogen and oxygen atoms in total. The van der Waals surface area contributed by atoms with Gasteiger partial charge in [0.2, 0.25) is 0 Å². The molecule has 1 unspecified atom stereocenters. The first-order valence-electron chi connectivity index (χ1n) is 7.01. The lowest BCUT2D eigenvalue weighted by atomic mass is 10.0. The van der Waals surface area contributed by atoms with E-state index in [2.05, 4.69) is 0 Å². The number of nitrogens with zero attached hydrogens (tertiary/aromatic N) is 2. The van der Waals surface area contributed by atoms with Gasteiger partial charge in [0.1, 0.15) is 4.90 Å². The Morgan fingerprint density at radius 2 is 2.05 bits per heavy atom. The molecule has 2 rings (SSSR count). The Labute approximate surface area is 129 Å². The zero-order valence-corrected chi connectivity index (χ0v) is 13.3. The van der Waals surface area contributed by atoms with Crippen LogP contribution in [0.25, 0.3) is 0 Å². The molecular formula is C14H18N2O5S. The Morgan fingerprint density at radius 3 is 2.59 bits per heavy atom. The van der Waals surface area contributed by atoms with Crippen molar-refractivity contribution in [2.75, 3.05) is 12.8 Å². The number of likely N-dealkylation sites (tertiary alicyclic amines) is 1. The molecule has 1 aromatic carbocycles. The lowest BCUT2D eigenvalue weighted by Crippen LogP contribution is -2.42. The van der Waals surface area contributed by atoms with Crippen molar-refractivity contribution < 1.29 is 18.1 Å². The molecule has 1 aliphatic rings. The van der Waals surface area contributed by atoms with Crippen LogP contribution in [0.5, 0.6) is 0 Å². The molecular weight excluding hydrogens is 308 g/mol. The number of rotatable bonds is 3. The highest BCUT2D eigenvalue weighted by Gasteiger charge is 2.28. The summed E-state index contributed by atoms with van der Waals surface area (Å²) in [4.78, 5) is 24.1. The van der Waals surface area contributed by atoms with Crippen LogP contribution in [0.1, 0.15) is 36.5 Å². The van der Waals surface area contributed by atoms with Crippen molar-refractivity contribution in [2.24, 2.45) is 0 Å². The van der Waals surface area contributed by atoms with Gasteiger partial charge in [-0.15, -0.1) is 0 Å². The summed E-state index contributed by atoms with van der Waals surface area (Å²) in [7, 11) is -3.72. The van der Waals surface area contributed by atoms with Crippen molar-refractivity contribution >= 4 is 21.4 Å². The van der Waals surface area contributed by atoms with Gasteiger partial charge in [-0.2, -0.15) is 0 Å². The summed E-state index contributed by atoms with van der Waals surface area (Å²) in [5.41, 5.74) is -0.411. The molecule has 1 atom stereocenters. The van der Waals surface area contributed by atoms with Crippen molar-refractivity contribution in [2.45, 2.75) is 37.1 Å². The summed E-state index contributed by atoms with van der Waals surface area (Å²) in [5.74, 6) is -0.296. The van der Waals surface area contributed by atoms with Crippen molar-refractivity contribution in [3.8, 4) is 0 Å². The normalized spacial score (nSPS) is 19.0. The summed E-state index contributed by atoms with van der Waals surface area (Å²) in [6, 6.07) is 3.61. The van der Waals surface area contributed by atoms with Crippen molar-refractivity contribution in [1.82, 2.24) is 4.90 Å². The van der Waals surface area contributed by atoms with Crippen LogP contribution in [0.15, 0.2) is 23.1 Å². The fourth-order valence-electron chi connectivity index (χ4n) is 2.67. The minimum absolute atomic E-state index is 0.0786. The van der Waals surface area contributed by atoms with Crippen molar-refractivity contribution in [3.05, 3.63) is 33.9 Å². The van der Waals surface area contributed by atoms with E-state index in [1.165, 1.54) is 6.07 Å². The lowest BCUT2D eigenvalue weighted by Gasteiger charge is -2.33. The topological polar surface area (TPSA) is 97.6 Å². The number of sulfone groups is 1. The first-order chi connectivity index (χ1) is 10.2. The highest BCUT2D eigenvalue weighted by Crippen LogP contribution is 2.27.